The van der Waals surface area contributed by atoms with Crippen molar-refractivity contribution in [1.82, 2.24) is 0 Å². The molecule has 4 aliphatic rings. The molecule has 1 N–H and O–H groups in total. The normalized spacial score (nSPS) is 21.2. The minimum atomic E-state index is -0.751. The number of nitrogens with zero attached hydrogens (tertiary/aromatic N) is 1. The molecule has 3 amide bonds. The third-order valence-electron chi connectivity index (χ3n) is 8.66. The molecular formula is C34H24BrClN2O5. The number of benzene rings is 4. The van der Waals surface area contributed by atoms with E-state index in [0.29, 0.717) is 20.9 Å². The SMILES string of the molecule is Cc1cc(Br)c(Cl)cc1NC(=O)COC(=O)c1cccc(N2C(=O)[C@@H]3C4c5ccccc5C(c5ccccc54)[C@H]3C2=O)c1. The van der Waals surface area contributed by atoms with Crippen molar-refractivity contribution in [3.8, 4) is 0 Å². The molecule has 1 fully saturated rings. The number of carbonyl (C=O) groups excluding carboxylic acids is 4. The number of nitrogens with one attached hydrogen (secondary N) is 1. The van der Waals surface area contributed by atoms with Gasteiger partial charge in [-0.15, -0.1) is 0 Å². The molecule has 1 saturated heterocycles. The minimum Gasteiger partial charge on any atom is -0.452 e. The third kappa shape index (κ3) is 4.39. The quantitative estimate of drug-likeness (QED) is 0.193. The summed E-state index contributed by atoms with van der Waals surface area (Å²) in [6.07, 6.45) is 0. The van der Waals surface area contributed by atoms with E-state index in [1.54, 1.807) is 24.3 Å². The van der Waals surface area contributed by atoms with Gasteiger partial charge in [-0.05, 0) is 81.0 Å². The van der Waals surface area contributed by atoms with Crippen molar-refractivity contribution in [3.63, 3.8) is 0 Å². The monoisotopic (exact) mass is 654 g/mol. The molecule has 4 aromatic rings. The van der Waals surface area contributed by atoms with Crippen LogP contribution < -0.4 is 10.2 Å². The van der Waals surface area contributed by atoms with Gasteiger partial charge in [0.25, 0.3) is 5.91 Å². The van der Waals surface area contributed by atoms with E-state index < -0.39 is 30.3 Å². The van der Waals surface area contributed by atoms with Gasteiger partial charge in [-0.25, -0.2) is 9.69 Å². The van der Waals surface area contributed by atoms with E-state index in [9.17, 15) is 19.2 Å². The Hall–Kier alpha value is -4.27. The fourth-order valence-electron chi connectivity index (χ4n) is 6.89. The van der Waals surface area contributed by atoms with Gasteiger partial charge in [-0.1, -0.05) is 66.2 Å². The Labute approximate surface area is 260 Å². The highest BCUT2D eigenvalue weighted by Crippen LogP contribution is 2.61. The van der Waals surface area contributed by atoms with Crippen molar-refractivity contribution in [2.45, 2.75) is 18.8 Å². The second-order valence-electron chi connectivity index (χ2n) is 11.0. The van der Waals surface area contributed by atoms with Gasteiger partial charge >= 0.3 is 5.97 Å². The fourth-order valence-corrected chi connectivity index (χ4v) is 7.51. The topological polar surface area (TPSA) is 92.8 Å². The molecule has 2 bridgehead atoms. The van der Waals surface area contributed by atoms with Crippen molar-refractivity contribution in [2.24, 2.45) is 11.8 Å². The summed E-state index contributed by atoms with van der Waals surface area (Å²) in [7, 11) is 0. The zero-order valence-electron chi connectivity index (χ0n) is 22.8. The van der Waals surface area contributed by atoms with Crippen LogP contribution in [0.25, 0.3) is 0 Å². The first-order chi connectivity index (χ1) is 20.7. The van der Waals surface area contributed by atoms with Crippen LogP contribution in [0.5, 0.6) is 0 Å². The summed E-state index contributed by atoms with van der Waals surface area (Å²) in [4.78, 5) is 54.7. The van der Waals surface area contributed by atoms with Crippen molar-refractivity contribution in [1.29, 1.82) is 0 Å². The number of ether oxygens (including phenoxy) is 1. The van der Waals surface area contributed by atoms with Crippen LogP contribution in [-0.2, 0) is 19.1 Å². The van der Waals surface area contributed by atoms with Crippen LogP contribution in [0.4, 0.5) is 11.4 Å². The van der Waals surface area contributed by atoms with Gasteiger partial charge in [0.15, 0.2) is 6.61 Å². The highest BCUT2D eigenvalue weighted by Gasteiger charge is 2.61. The lowest BCUT2D eigenvalue weighted by molar-refractivity contribution is -0.122. The standard InChI is InChI=1S/C34H24BrClN2O5/c1-17-13-24(35)25(36)15-26(17)37-27(39)16-43-34(42)18-7-6-8-19(14-18)38-32(40)30-28-20-9-2-3-10-21(20)29(31(30)33(38)41)23-12-5-4-11-22(23)28/h2-15,28-31H,16H2,1H3,(H,37,39)/t28?,29?,30-,31-/m1/s1. The number of esters is 1. The zero-order chi connectivity index (χ0) is 30.0. The maximum atomic E-state index is 14.0. The average molecular weight is 656 g/mol. The summed E-state index contributed by atoms with van der Waals surface area (Å²) in [5.74, 6) is -3.34. The summed E-state index contributed by atoms with van der Waals surface area (Å²) < 4.78 is 5.97. The first kappa shape index (κ1) is 27.6. The second-order valence-corrected chi connectivity index (χ2v) is 12.3. The largest absolute Gasteiger partial charge is 0.452 e. The molecule has 0 spiro atoms. The lowest BCUT2D eigenvalue weighted by atomic mass is 9.55. The van der Waals surface area contributed by atoms with Gasteiger partial charge in [-0.2, -0.15) is 0 Å². The highest BCUT2D eigenvalue weighted by atomic mass is 79.9. The van der Waals surface area contributed by atoms with E-state index in [1.165, 1.54) is 17.0 Å². The number of anilines is 2. The van der Waals surface area contributed by atoms with E-state index >= 15 is 0 Å². The van der Waals surface area contributed by atoms with E-state index in [2.05, 4.69) is 45.5 Å². The number of hydrogen-bond acceptors (Lipinski definition) is 5. The number of imide groups is 1. The van der Waals surface area contributed by atoms with E-state index in [4.69, 9.17) is 16.3 Å². The Bertz CT molecular complexity index is 1760. The molecule has 3 aliphatic carbocycles. The molecule has 4 aromatic carbocycles. The van der Waals surface area contributed by atoms with Crippen molar-refractivity contribution >= 4 is 62.6 Å². The van der Waals surface area contributed by atoms with E-state index in [0.717, 1.165) is 27.8 Å². The molecule has 1 heterocycles. The molecule has 214 valence electrons. The van der Waals surface area contributed by atoms with Crippen LogP contribution >= 0.6 is 27.5 Å². The number of rotatable bonds is 5. The molecule has 2 atom stereocenters. The molecule has 7 nitrogen and oxygen atoms in total. The zero-order valence-corrected chi connectivity index (χ0v) is 25.2. The Balaban J connectivity index is 1.12. The summed E-state index contributed by atoms with van der Waals surface area (Å²) in [5, 5.41) is 3.12. The van der Waals surface area contributed by atoms with Gasteiger partial charge in [-0.3, -0.25) is 14.4 Å². The smallest absolute Gasteiger partial charge is 0.338 e. The van der Waals surface area contributed by atoms with Gasteiger partial charge in [0.05, 0.1) is 28.1 Å². The molecule has 1 aliphatic heterocycles. The van der Waals surface area contributed by atoms with Crippen LogP contribution in [0, 0.1) is 18.8 Å². The first-order valence-electron chi connectivity index (χ1n) is 13.8. The molecule has 0 aromatic heterocycles. The number of amides is 3. The Morgan fingerprint density at radius 2 is 1.40 bits per heavy atom. The van der Waals surface area contributed by atoms with Crippen LogP contribution in [-0.4, -0.2) is 30.3 Å². The van der Waals surface area contributed by atoms with E-state index in [-0.39, 0.29) is 29.2 Å². The Kier molecular flexibility index (Phi) is 6.71. The van der Waals surface area contributed by atoms with Crippen LogP contribution in [0.3, 0.4) is 0 Å². The number of halogens is 2. The summed E-state index contributed by atoms with van der Waals surface area (Å²) in [6.45, 7) is 1.29. The van der Waals surface area contributed by atoms with Gasteiger partial charge < -0.3 is 10.1 Å². The predicted octanol–water partition coefficient (Wildman–Crippen LogP) is 6.60. The summed E-state index contributed by atoms with van der Waals surface area (Å²) in [6, 6.07) is 25.7. The molecule has 8 rings (SSSR count). The Morgan fingerprint density at radius 1 is 0.837 bits per heavy atom. The van der Waals surface area contributed by atoms with Crippen molar-refractivity contribution in [3.05, 3.63) is 128 Å². The fraction of sp³-hybridized carbons (Fsp3) is 0.176. The van der Waals surface area contributed by atoms with Crippen LogP contribution in [0.1, 0.15) is 50.0 Å². The molecule has 0 saturated carbocycles. The van der Waals surface area contributed by atoms with Crippen molar-refractivity contribution < 1.29 is 23.9 Å². The van der Waals surface area contributed by atoms with Gasteiger partial charge in [0.2, 0.25) is 11.8 Å². The van der Waals surface area contributed by atoms with Gasteiger partial charge in [0.1, 0.15) is 0 Å². The highest BCUT2D eigenvalue weighted by molar-refractivity contribution is 9.10. The van der Waals surface area contributed by atoms with Crippen LogP contribution in [0.15, 0.2) is 89.4 Å². The third-order valence-corrected chi connectivity index (χ3v) is 9.86. The number of hydrogen-bond donors (Lipinski definition) is 1. The minimum absolute atomic E-state index is 0.123. The molecule has 0 radical (unpaired) electrons. The Morgan fingerprint density at radius 3 is 1.95 bits per heavy atom. The number of carbonyl (C=O) groups is 4. The lowest BCUT2D eigenvalue weighted by Gasteiger charge is -2.45. The average Bonchev–Trinajstić information content (AvgIpc) is 3.28. The first-order valence-corrected chi connectivity index (χ1v) is 15.0. The maximum Gasteiger partial charge on any atom is 0.338 e. The molecular weight excluding hydrogens is 632 g/mol. The lowest BCUT2D eigenvalue weighted by Crippen LogP contribution is -2.41. The number of aryl methyl sites for hydroxylation is 1. The maximum absolute atomic E-state index is 14.0. The van der Waals surface area contributed by atoms with Crippen molar-refractivity contribution in [2.75, 3.05) is 16.8 Å². The molecule has 9 heteroatoms. The molecule has 0 unspecified atom stereocenters. The predicted molar refractivity (Wildman–Crippen MR) is 165 cm³/mol. The van der Waals surface area contributed by atoms with E-state index in [1.807, 2.05) is 31.2 Å². The van der Waals surface area contributed by atoms with Crippen LogP contribution in [0.2, 0.25) is 5.02 Å². The summed E-state index contributed by atoms with van der Waals surface area (Å²) >= 11 is 9.48. The second kappa shape index (κ2) is 10.5. The van der Waals surface area contributed by atoms with Gasteiger partial charge in [0, 0.05) is 22.0 Å². The molecule has 43 heavy (non-hydrogen) atoms. The summed E-state index contributed by atoms with van der Waals surface area (Å²) in [5.41, 5.74) is 6.07.